The number of carbonyl (C=O) groups is 1. The molecule has 0 bridgehead atoms. The molecule has 4 nitrogen and oxygen atoms in total. The molecule has 0 radical (unpaired) electrons. The zero-order valence-electron chi connectivity index (χ0n) is 11.0. The number of thioether (sulfide) groups is 1. The van der Waals surface area contributed by atoms with Crippen LogP contribution in [0.4, 0.5) is 0 Å². The van der Waals surface area contributed by atoms with Crippen molar-refractivity contribution in [2.24, 2.45) is 5.92 Å². The van der Waals surface area contributed by atoms with Crippen LogP contribution in [0.15, 0.2) is 0 Å². The van der Waals surface area contributed by atoms with Gasteiger partial charge >= 0.3 is 5.97 Å². The number of hydrogen-bond acceptors (Lipinski definition) is 4. The second kappa shape index (κ2) is 8.78. The summed E-state index contributed by atoms with van der Waals surface area (Å²) in [4.78, 5) is 11.2. The monoisotopic (exact) mass is 263 g/mol. The third kappa shape index (κ3) is 6.91. The lowest BCUT2D eigenvalue weighted by Gasteiger charge is -2.26. The summed E-state index contributed by atoms with van der Waals surface area (Å²) in [5.74, 6) is 1.16. The summed E-state index contributed by atoms with van der Waals surface area (Å²) in [6.45, 7) is 6.66. The number of hydrogen-bond donors (Lipinski definition) is 3. The normalized spacial score (nSPS) is 16.5. The van der Waals surface area contributed by atoms with E-state index in [1.54, 1.807) is 18.7 Å². The molecule has 0 saturated carbocycles. The summed E-state index contributed by atoms with van der Waals surface area (Å²) in [7, 11) is 0. The molecule has 102 valence electrons. The maximum absolute atomic E-state index is 11.2. The molecule has 0 aliphatic heterocycles. The SMILES string of the molecule is CCCNC(C)(CCSCC(C)CO)C(=O)O. The van der Waals surface area contributed by atoms with Gasteiger partial charge in [-0.1, -0.05) is 13.8 Å². The molecular weight excluding hydrogens is 238 g/mol. The lowest BCUT2D eigenvalue weighted by atomic mass is 9.99. The van der Waals surface area contributed by atoms with Gasteiger partial charge in [0.15, 0.2) is 0 Å². The molecular formula is C12H25NO3S. The van der Waals surface area contributed by atoms with Crippen LogP contribution in [0.3, 0.4) is 0 Å². The first-order chi connectivity index (χ1) is 7.96. The molecule has 2 unspecified atom stereocenters. The van der Waals surface area contributed by atoms with E-state index < -0.39 is 11.5 Å². The Balaban J connectivity index is 3.96. The Morgan fingerprint density at radius 1 is 1.53 bits per heavy atom. The minimum atomic E-state index is -0.828. The summed E-state index contributed by atoms with van der Waals surface area (Å²) >= 11 is 1.70. The first-order valence-corrected chi connectivity index (χ1v) is 7.28. The van der Waals surface area contributed by atoms with E-state index in [-0.39, 0.29) is 12.5 Å². The van der Waals surface area contributed by atoms with Crippen LogP contribution >= 0.6 is 11.8 Å². The predicted octanol–water partition coefficient (Wildman–Crippen LogP) is 1.58. The van der Waals surface area contributed by atoms with E-state index >= 15 is 0 Å². The highest BCUT2D eigenvalue weighted by Gasteiger charge is 2.31. The quantitative estimate of drug-likeness (QED) is 0.522. The van der Waals surface area contributed by atoms with Crippen molar-refractivity contribution >= 4 is 17.7 Å². The lowest BCUT2D eigenvalue weighted by Crippen LogP contribution is -2.50. The Kier molecular flexibility index (Phi) is 8.64. The molecule has 0 aliphatic rings. The number of aliphatic carboxylic acids is 1. The standard InChI is InChI=1S/C12H25NO3S/c1-4-6-13-12(3,11(15)16)5-7-17-9-10(2)8-14/h10,13-14H,4-9H2,1-3H3,(H,15,16). The number of rotatable bonds is 10. The molecule has 5 heteroatoms. The molecule has 0 saturated heterocycles. The Labute approximate surface area is 108 Å². The molecule has 17 heavy (non-hydrogen) atoms. The van der Waals surface area contributed by atoms with Crippen molar-refractivity contribution in [2.45, 2.75) is 39.2 Å². The topological polar surface area (TPSA) is 69.6 Å². The maximum Gasteiger partial charge on any atom is 0.323 e. The molecule has 0 heterocycles. The van der Waals surface area contributed by atoms with Gasteiger partial charge in [-0.05, 0) is 43.7 Å². The molecule has 0 amide bonds. The highest BCUT2D eigenvalue weighted by molar-refractivity contribution is 7.99. The average Bonchev–Trinajstić information content (AvgIpc) is 2.31. The molecule has 3 N–H and O–H groups in total. The number of nitrogens with one attached hydrogen (secondary N) is 1. The summed E-state index contributed by atoms with van der Waals surface area (Å²) in [5.41, 5.74) is -0.828. The largest absolute Gasteiger partial charge is 0.480 e. The third-order valence-corrected chi connectivity index (χ3v) is 4.00. The van der Waals surface area contributed by atoms with Crippen LogP contribution in [0.1, 0.15) is 33.6 Å². The summed E-state index contributed by atoms with van der Waals surface area (Å²) in [5, 5.41) is 21.2. The minimum Gasteiger partial charge on any atom is -0.480 e. The van der Waals surface area contributed by atoms with Crippen LogP contribution in [0.25, 0.3) is 0 Å². The number of aliphatic hydroxyl groups excluding tert-OH is 1. The van der Waals surface area contributed by atoms with Crippen molar-refractivity contribution in [3.63, 3.8) is 0 Å². The van der Waals surface area contributed by atoms with Crippen molar-refractivity contribution in [1.29, 1.82) is 0 Å². The fourth-order valence-corrected chi connectivity index (χ4v) is 2.51. The van der Waals surface area contributed by atoms with Crippen LogP contribution in [-0.4, -0.2) is 46.4 Å². The fourth-order valence-electron chi connectivity index (χ4n) is 1.29. The van der Waals surface area contributed by atoms with E-state index in [1.807, 2.05) is 13.8 Å². The Morgan fingerprint density at radius 3 is 2.65 bits per heavy atom. The van der Waals surface area contributed by atoms with Crippen molar-refractivity contribution in [1.82, 2.24) is 5.32 Å². The van der Waals surface area contributed by atoms with Gasteiger partial charge in [-0.3, -0.25) is 4.79 Å². The van der Waals surface area contributed by atoms with Gasteiger partial charge in [-0.2, -0.15) is 11.8 Å². The zero-order chi connectivity index (χ0) is 13.3. The van der Waals surface area contributed by atoms with Crippen molar-refractivity contribution in [2.75, 3.05) is 24.7 Å². The van der Waals surface area contributed by atoms with Gasteiger partial charge in [-0.15, -0.1) is 0 Å². The summed E-state index contributed by atoms with van der Waals surface area (Å²) < 4.78 is 0. The predicted molar refractivity (Wildman–Crippen MR) is 72.5 cm³/mol. The third-order valence-electron chi connectivity index (χ3n) is 2.70. The van der Waals surface area contributed by atoms with Crippen LogP contribution in [-0.2, 0) is 4.79 Å². The van der Waals surface area contributed by atoms with Crippen molar-refractivity contribution in [3.05, 3.63) is 0 Å². The highest BCUT2D eigenvalue weighted by atomic mass is 32.2. The van der Waals surface area contributed by atoms with E-state index in [0.717, 1.165) is 24.5 Å². The van der Waals surface area contributed by atoms with Gasteiger partial charge in [0.1, 0.15) is 5.54 Å². The molecule has 0 rings (SSSR count). The van der Waals surface area contributed by atoms with Gasteiger partial charge in [0.2, 0.25) is 0 Å². The fraction of sp³-hybridized carbons (Fsp3) is 0.917. The van der Waals surface area contributed by atoms with E-state index in [1.165, 1.54) is 0 Å². The molecule has 0 spiro atoms. The van der Waals surface area contributed by atoms with E-state index in [2.05, 4.69) is 5.32 Å². The minimum absolute atomic E-state index is 0.192. The van der Waals surface area contributed by atoms with Gasteiger partial charge in [-0.25, -0.2) is 0 Å². The first-order valence-electron chi connectivity index (χ1n) is 6.13. The molecule has 0 aromatic carbocycles. The lowest BCUT2D eigenvalue weighted by molar-refractivity contribution is -0.144. The number of carboxylic acids is 1. The van der Waals surface area contributed by atoms with Crippen molar-refractivity contribution in [3.8, 4) is 0 Å². The van der Waals surface area contributed by atoms with Crippen LogP contribution in [0.2, 0.25) is 0 Å². The molecule has 0 fully saturated rings. The Hall–Kier alpha value is -0.260. The second-order valence-corrected chi connectivity index (χ2v) is 5.83. The zero-order valence-corrected chi connectivity index (χ0v) is 11.8. The molecule has 0 aromatic heterocycles. The van der Waals surface area contributed by atoms with Crippen LogP contribution < -0.4 is 5.32 Å². The number of aliphatic hydroxyl groups is 1. The summed E-state index contributed by atoms with van der Waals surface area (Å²) in [6, 6.07) is 0. The second-order valence-electron chi connectivity index (χ2n) is 4.68. The highest BCUT2D eigenvalue weighted by Crippen LogP contribution is 2.16. The molecule has 0 aromatic rings. The van der Waals surface area contributed by atoms with Gasteiger partial charge in [0.25, 0.3) is 0 Å². The Bertz CT molecular complexity index is 226. The van der Waals surface area contributed by atoms with Gasteiger partial charge in [0, 0.05) is 6.61 Å². The van der Waals surface area contributed by atoms with E-state index in [4.69, 9.17) is 5.11 Å². The van der Waals surface area contributed by atoms with Gasteiger partial charge < -0.3 is 15.5 Å². The number of carboxylic acid groups (broad SMARTS) is 1. The molecule has 2 atom stereocenters. The average molecular weight is 263 g/mol. The smallest absolute Gasteiger partial charge is 0.323 e. The van der Waals surface area contributed by atoms with Crippen molar-refractivity contribution < 1.29 is 15.0 Å². The maximum atomic E-state index is 11.2. The van der Waals surface area contributed by atoms with E-state index in [0.29, 0.717) is 6.42 Å². The van der Waals surface area contributed by atoms with Crippen LogP contribution in [0.5, 0.6) is 0 Å². The van der Waals surface area contributed by atoms with Gasteiger partial charge in [0.05, 0.1) is 0 Å². The Morgan fingerprint density at radius 2 is 2.18 bits per heavy atom. The summed E-state index contributed by atoms with van der Waals surface area (Å²) in [6.07, 6.45) is 1.53. The molecule has 0 aliphatic carbocycles. The van der Waals surface area contributed by atoms with Crippen LogP contribution in [0, 0.1) is 5.92 Å². The first kappa shape index (κ1) is 16.7. The van der Waals surface area contributed by atoms with E-state index in [9.17, 15) is 9.90 Å².